The van der Waals surface area contributed by atoms with Crippen LogP contribution in [0.2, 0.25) is 0 Å². The van der Waals surface area contributed by atoms with E-state index in [0.717, 1.165) is 13.0 Å². The van der Waals surface area contributed by atoms with E-state index in [1.165, 1.54) is 27.8 Å². The Morgan fingerprint density at radius 3 is 2.05 bits per heavy atom. The lowest BCUT2D eigenvalue weighted by molar-refractivity contribution is 0.620. The Morgan fingerprint density at radius 1 is 0.850 bits per heavy atom. The van der Waals surface area contributed by atoms with Crippen LogP contribution in [0.3, 0.4) is 0 Å². The summed E-state index contributed by atoms with van der Waals surface area (Å²) in [5.41, 5.74) is 7.15. The molecule has 0 saturated carbocycles. The molecule has 1 N–H and O–H groups in total. The number of aryl methyl sites for hydroxylation is 3. The average Bonchev–Trinajstić information content (AvgIpc) is 2.43. The molecule has 2 aromatic rings. The average molecular weight is 267 g/mol. The predicted molar refractivity (Wildman–Crippen MR) is 87.5 cm³/mol. The maximum atomic E-state index is 3.35. The van der Waals surface area contributed by atoms with E-state index in [-0.39, 0.29) is 0 Å². The smallest absolute Gasteiger partial charge is 0.00204 e. The fourth-order valence-electron chi connectivity index (χ4n) is 3.00. The van der Waals surface area contributed by atoms with E-state index < -0.39 is 0 Å². The monoisotopic (exact) mass is 267 g/mol. The SMILES string of the molecule is CNCC(Cc1c(C)cccc1C)c1ccccc1C. The molecule has 20 heavy (non-hydrogen) atoms. The van der Waals surface area contributed by atoms with Crippen LogP contribution in [0.1, 0.15) is 33.7 Å². The number of hydrogen-bond acceptors (Lipinski definition) is 1. The second kappa shape index (κ2) is 6.71. The first-order valence-corrected chi connectivity index (χ1v) is 7.38. The first-order chi connectivity index (χ1) is 9.63. The Kier molecular flexibility index (Phi) is 4.97. The number of hydrogen-bond donors (Lipinski definition) is 1. The van der Waals surface area contributed by atoms with Crippen molar-refractivity contribution in [1.29, 1.82) is 0 Å². The molecule has 0 fully saturated rings. The largest absolute Gasteiger partial charge is 0.319 e. The highest BCUT2D eigenvalue weighted by Crippen LogP contribution is 2.26. The molecular formula is C19H25N. The van der Waals surface area contributed by atoms with E-state index in [4.69, 9.17) is 0 Å². The summed E-state index contributed by atoms with van der Waals surface area (Å²) in [5, 5.41) is 3.35. The number of nitrogens with one attached hydrogen (secondary N) is 1. The van der Waals surface area contributed by atoms with Gasteiger partial charge >= 0.3 is 0 Å². The summed E-state index contributed by atoms with van der Waals surface area (Å²) in [6, 6.07) is 15.3. The topological polar surface area (TPSA) is 12.0 Å². The van der Waals surface area contributed by atoms with Crippen molar-refractivity contribution in [3.05, 3.63) is 70.3 Å². The van der Waals surface area contributed by atoms with E-state index in [0.29, 0.717) is 5.92 Å². The van der Waals surface area contributed by atoms with Crippen molar-refractivity contribution in [1.82, 2.24) is 5.32 Å². The number of benzene rings is 2. The molecule has 0 spiro atoms. The summed E-state index contributed by atoms with van der Waals surface area (Å²) in [4.78, 5) is 0. The van der Waals surface area contributed by atoms with Crippen LogP contribution in [0.15, 0.2) is 42.5 Å². The minimum absolute atomic E-state index is 0.529. The Bertz CT molecular complexity index is 551. The Morgan fingerprint density at radius 2 is 1.45 bits per heavy atom. The van der Waals surface area contributed by atoms with Gasteiger partial charge in [0.2, 0.25) is 0 Å². The number of likely N-dealkylation sites (N-methyl/N-ethyl adjacent to an activating group) is 1. The minimum Gasteiger partial charge on any atom is -0.319 e. The molecule has 2 rings (SSSR count). The molecule has 0 amide bonds. The second-order valence-corrected chi connectivity index (χ2v) is 5.69. The third kappa shape index (κ3) is 3.29. The maximum Gasteiger partial charge on any atom is 0.00204 e. The molecule has 0 saturated heterocycles. The molecule has 0 aliphatic carbocycles. The molecular weight excluding hydrogens is 242 g/mol. The van der Waals surface area contributed by atoms with Crippen LogP contribution < -0.4 is 5.32 Å². The van der Waals surface area contributed by atoms with Gasteiger partial charge in [-0.25, -0.2) is 0 Å². The van der Waals surface area contributed by atoms with Gasteiger partial charge in [-0.15, -0.1) is 0 Å². The van der Waals surface area contributed by atoms with Crippen LogP contribution in [-0.2, 0) is 6.42 Å². The maximum absolute atomic E-state index is 3.35. The molecule has 106 valence electrons. The van der Waals surface area contributed by atoms with Crippen molar-refractivity contribution in [2.45, 2.75) is 33.1 Å². The van der Waals surface area contributed by atoms with E-state index in [1.54, 1.807) is 0 Å². The van der Waals surface area contributed by atoms with Crippen LogP contribution in [-0.4, -0.2) is 13.6 Å². The molecule has 0 heterocycles. The van der Waals surface area contributed by atoms with Gasteiger partial charge in [-0.05, 0) is 62.1 Å². The molecule has 0 aromatic heterocycles. The fraction of sp³-hybridized carbons (Fsp3) is 0.368. The van der Waals surface area contributed by atoms with Crippen molar-refractivity contribution in [2.24, 2.45) is 0 Å². The van der Waals surface area contributed by atoms with Gasteiger partial charge < -0.3 is 5.32 Å². The minimum atomic E-state index is 0.529. The van der Waals surface area contributed by atoms with Crippen molar-refractivity contribution in [3.63, 3.8) is 0 Å². The lowest BCUT2D eigenvalue weighted by atomic mass is 9.86. The predicted octanol–water partition coefficient (Wildman–Crippen LogP) is 4.16. The third-order valence-corrected chi connectivity index (χ3v) is 4.17. The zero-order chi connectivity index (χ0) is 14.5. The highest BCUT2D eigenvalue weighted by atomic mass is 14.8. The van der Waals surface area contributed by atoms with Gasteiger partial charge in [0.25, 0.3) is 0 Å². The molecule has 1 atom stereocenters. The summed E-state index contributed by atoms with van der Waals surface area (Å²) in [6.45, 7) is 7.66. The van der Waals surface area contributed by atoms with Gasteiger partial charge in [-0.1, -0.05) is 42.5 Å². The fourth-order valence-corrected chi connectivity index (χ4v) is 3.00. The van der Waals surface area contributed by atoms with Gasteiger partial charge in [0.05, 0.1) is 0 Å². The Labute approximate surface area is 123 Å². The van der Waals surface area contributed by atoms with Crippen molar-refractivity contribution >= 4 is 0 Å². The van der Waals surface area contributed by atoms with Crippen LogP contribution >= 0.6 is 0 Å². The Balaban J connectivity index is 2.33. The molecule has 1 nitrogen and oxygen atoms in total. The van der Waals surface area contributed by atoms with Gasteiger partial charge in [0, 0.05) is 12.5 Å². The second-order valence-electron chi connectivity index (χ2n) is 5.69. The van der Waals surface area contributed by atoms with Crippen molar-refractivity contribution < 1.29 is 0 Å². The van der Waals surface area contributed by atoms with Crippen LogP contribution in [0.4, 0.5) is 0 Å². The highest BCUT2D eigenvalue weighted by Gasteiger charge is 2.15. The van der Waals surface area contributed by atoms with Crippen LogP contribution in [0, 0.1) is 20.8 Å². The van der Waals surface area contributed by atoms with Crippen LogP contribution in [0.25, 0.3) is 0 Å². The molecule has 0 aliphatic rings. The first-order valence-electron chi connectivity index (χ1n) is 7.38. The molecule has 0 bridgehead atoms. The zero-order valence-corrected chi connectivity index (χ0v) is 13.0. The van der Waals surface area contributed by atoms with Gasteiger partial charge in [-0.3, -0.25) is 0 Å². The lowest BCUT2D eigenvalue weighted by Gasteiger charge is -2.21. The van der Waals surface area contributed by atoms with Gasteiger partial charge in [-0.2, -0.15) is 0 Å². The summed E-state index contributed by atoms with van der Waals surface area (Å²) in [7, 11) is 2.04. The summed E-state index contributed by atoms with van der Waals surface area (Å²) in [6.07, 6.45) is 1.10. The standard InChI is InChI=1S/C19H25N/c1-14-8-5-6-11-18(14)17(13-20-4)12-19-15(2)9-7-10-16(19)3/h5-11,17,20H,12-13H2,1-4H3. The molecule has 1 unspecified atom stereocenters. The molecule has 2 aromatic carbocycles. The summed E-state index contributed by atoms with van der Waals surface area (Å²) < 4.78 is 0. The van der Waals surface area contributed by atoms with Gasteiger partial charge in [0.15, 0.2) is 0 Å². The van der Waals surface area contributed by atoms with Gasteiger partial charge in [0.1, 0.15) is 0 Å². The summed E-state index contributed by atoms with van der Waals surface area (Å²) in [5.74, 6) is 0.529. The molecule has 0 radical (unpaired) electrons. The van der Waals surface area contributed by atoms with E-state index >= 15 is 0 Å². The van der Waals surface area contributed by atoms with Crippen LogP contribution in [0.5, 0.6) is 0 Å². The number of rotatable bonds is 5. The zero-order valence-electron chi connectivity index (χ0n) is 13.0. The summed E-state index contributed by atoms with van der Waals surface area (Å²) >= 11 is 0. The quantitative estimate of drug-likeness (QED) is 0.858. The highest BCUT2D eigenvalue weighted by molar-refractivity contribution is 5.37. The normalized spacial score (nSPS) is 12.4. The first kappa shape index (κ1) is 14.8. The van der Waals surface area contributed by atoms with E-state index in [9.17, 15) is 0 Å². The van der Waals surface area contributed by atoms with E-state index in [2.05, 4.69) is 68.6 Å². The Hall–Kier alpha value is -1.60. The van der Waals surface area contributed by atoms with Crippen molar-refractivity contribution in [3.8, 4) is 0 Å². The third-order valence-electron chi connectivity index (χ3n) is 4.17. The molecule has 1 heteroatoms. The molecule has 0 aliphatic heterocycles. The van der Waals surface area contributed by atoms with E-state index in [1.807, 2.05) is 7.05 Å². The lowest BCUT2D eigenvalue weighted by Crippen LogP contribution is -2.20. The van der Waals surface area contributed by atoms with Crippen molar-refractivity contribution in [2.75, 3.05) is 13.6 Å².